The summed E-state index contributed by atoms with van der Waals surface area (Å²) >= 11 is 8.28. The number of benzene rings is 1. The summed E-state index contributed by atoms with van der Waals surface area (Å²) in [4.78, 5) is 14.0. The normalized spacial score (nSPS) is 10.5. The third-order valence-electron chi connectivity index (χ3n) is 2.69. The SMILES string of the molecule is Cc1cc(C(=O)Nc2c(Br)cc(N)cc2Br)sc1C. The fourth-order valence-electron chi connectivity index (χ4n) is 1.57. The Hall–Kier alpha value is -0.850. The average Bonchev–Trinajstić information content (AvgIpc) is 2.64. The predicted octanol–water partition coefficient (Wildman–Crippen LogP) is 4.72. The molecule has 0 unspecified atom stereocenters. The molecule has 0 radical (unpaired) electrons. The van der Waals surface area contributed by atoms with E-state index in [9.17, 15) is 4.79 Å². The minimum atomic E-state index is -0.118. The highest BCUT2D eigenvalue weighted by molar-refractivity contribution is 9.11. The molecule has 19 heavy (non-hydrogen) atoms. The van der Waals surface area contributed by atoms with Gasteiger partial charge in [-0.25, -0.2) is 0 Å². The molecule has 0 saturated carbocycles. The van der Waals surface area contributed by atoms with E-state index in [0.29, 0.717) is 16.3 Å². The summed E-state index contributed by atoms with van der Waals surface area (Å²) in [5.74, 6) is -0.118. The molecule has 3 N–H and O–H groups in total. The maximum absolute atomic E-state index is 12.2. The Labute approximate surface area is 132 Å². The molecule has 0 aliphatic carbocycles. The molecule has 0 bridgehead atoms. The fraction of sp³-hybridized carbons (Fsp3) is 0.154. The van der Waals surface area contributed by atoms with Crippen LogP contribution < -0.4 is 11.1 Å². The van der Waals surface area contributed by atoms with Gasteiger partial charge in [0.1, 0.15) is 0 Å². The van der Waals surface area contributed by atoms with Crippen LogP contribution in [-0.4, -0.2) is 5.91 Å². The number of carbonyl (C=O) groups excluding carboxylic acids is 1. The van der Waals surface area contributed by atoms with E-state index in [1.165, 1.54) is 11.3 Å². The van der Waals surface area contributed by atoms with Crippen LogP contribution in [-0.2, 0) is 0 Å². The molecular weight excluding hydrogens is 392 g/mol. The highest BCUT2D eigenvalue weighted by Gasteiger charge is 2.14. The van der Waals surface area contributed by atoms with Gasteiger partial charge in [0.15, 0.2) is 0 Å². The van der Waals surface area contributed by atoms with Crippen molar-refractivity contribution < 1.29 is 4.79 Å². The fourth-order valence-corrected chi connectivity index (χ4v) is 3.92. The molecule has 2 rings (SSSR count). The molecule has 1 aromatic carbocycles. The van der Waals surface area contributed by atoms with Crippen LogP contribution in [0, 0.1) is 13.8 Å². The molecule has 1 aromatic heterocycles. The van der Waals surface area contributed by atoms with Gasteiger partial charge in [-0.1, -0.05) is 0 Å². The van der Waals surface area contributed by atoms with Crippen molar-refractivity contribution in [1.29, 1.82) is 0 Å². The zero-order valence-electron chi connectivity index (χ0n) is 10.4. The minimum absolute atomic E-state index is 0.118. The van der Waals surface area contributed by atoms with Crippen LogP contribution in [0.5, 0.6) is 0 Å². The summed E-state index contributed by atoms with van der Waals surface area (Å²) < 4.78 is 1.50. The molecule has 6 heteroatoms. The van der Waals surface area contributed by atoms with Crippen LogP contribution in [0.25, 0.3) is 0 Å². The molecule has 0 aliphatic heterocycles. The van der Waals surface area contributed by atoms with Crippen molar-refractivity contribution in [3.63, 3.8) is 0 Å². The highest BCUT2D eigenvalue weighted by atomic mass is 79.9. The van der Waals surface area contributed by atoms with Gasteiger partial charge in [0.25, 0.3) is 5.91 Å². The van der Waals surface area contributed by atoms with Crippen molar-refractivity contribution >= 4 is 60.5 Å². The number of nitrogen functional groups attached to an aromatic ring is 1. The maximum Gasteiger partial charge on any atom is 0.265 e. The standard InChI is InChI=1S/C13H12Br2N2OS/c1-6-3-11(19-7(6)2)13(18)17-12-9(14)4-8(16)5-10(12)15/h3-5H,16H2,1-2H3,(H,17,18). The summed E-state index contributed by atoms with van der Waals surface area (Å²) in [5.41, 5.74) is 8.16. The molecular formula is C13H12Br2N2OS. The first-order valence-corrected chi connectivity index (χ1v) is 7.91. The van der Waals surface area contributed by atoms with Gasteiger partial charge in [0.05, 0.1) is 10.6 Å². The Morgan fingerprint density at radius 2 is 1.79 bits per heavy atom. The first-order chi connectivity index (χ1) is 8.88. The zero-order valence-corrected chi connectivity index (χ0v) is 14.4. The van der Waals surface area contributed by atoms with Crippen LogP contribution in [0.3, 0.4) is 0 Å². The molecule has 1 amide bonds. The Kier molecular flexibility index (Phi) is 4.32. The van der Waals surface area contributed by atoms with E-state index in [2.05, 4.69) is 37.2 Å². The Bertz CT molecular complexity index is 610. The summed E-state index contributed by atoms with van der Waals surface area (Å²) in [6.07, 6.45) is 0. The maximum atomic E-state index is 12.2. The van der Waals surface area contributed by atoms with Gasteiger partial charge < -0.3 is 11.1 Å². The minimum Gasteiger partial charge on any atom is -0.399 e. The van der Waals surface area contributed by atoms with Crippen LogP contribution >= 0.6 is 43.2 Å². The van der Waals surface area contributed by atoms with Gasteiger partial charge in [0.2, 0.25) is 0 Å². The Balaban J connectivity index is 2.29. The van der Waals surface area contributed by atoms with E-state index < -0.39 is 0 Å². The van der Waals surface area contributed by atoms with Gasteiger partial charge >= 0.3 is 0 Å². The number of nitrogens with two attached hydrogens (primary N) is 1. The van der Waals surface area contributed by atoms with E-state index in [-0.39, 0.29) is 5.91 Å². The van der Waals surface area contributed by atoms with Crippen molar-refractivity contribution in [3.8, 4) is 0 Å². The van der Waals surface area contributed by atoms with E-state index >= 15 is 0 Å². The molecule has 0 aliphatic rings. The number of thiophene rings is 1. The zero-order chi connectivity index (χ0) is 14.2. The summed E-state index contributed by atoms with van der Waals surface area (Å²) in [5, 5.41) is 2.88. The number of anilines is 2. The lowest BCUT2D eigenvalue weighted by molar-refractivity contribution is 0.103. The first-order valence-electron chi connectivity index (χ1n) is 5.51. The lowest BCUT2D eigenvalue weighted by Crippen LogP contribution is -2.11. The Morgan fingerprint density at radius 3 is 2.26 bits per heavy atom. The number of aryl methyl sites for hydroxylation is 2. The topological polar surface area (TPSA) is 55.1 Å². The quantitative estimate of drug-likeness (QED) is 0.712. The third-order valence-corrected chi connectivity index (χ3v) is 5.09. The number of hydrogen-bond acceptors (Lipinski definition) is 3. The Morgan fingerprint density at radius 1 is 1.21 bits per heavy atom. The van der Waals surface area contributed by atoms with Crippen LogP contribution in [0.15, 0.2) is 27.1 Å². The molecule has 1 heterocycles. The summed E-state index contributed by atoms with van der Waals surface area (Å²) in [6, 6.07) is 5.41. The van der Waals surface area contributed by atoms with Crippen molar-refractivity contribution in [2.45, 2.75) is 13.8 Å². The largest absolute Gasteiger partial charge is 0.399 e. The lowest BCUT2D eigenvalue weighted by Gasteiger charge is -2.09. The second-order valence-electron chi connectivity index (χ2n) is 4.16. The number of nitrogens with one attached hydrogen (secondary N) is 1. The number of amides is 1. The third kappa shape index (κ3) is 3.19. The van der Waals surface area contributed by atoms with Crippen molar-refractivity contribution in [2.24, 2.45) is 0 Å². The van der Waals surface area contributed by atoms with Crippen molar-refractivity contribution in [1.82, 2.24) is 0 Å². The van der Waals surface area contributed by atoms with Gasteiger partial charge in [-0.05, 0) is 69.5 Å². The van der Waals surface area contributed by atoms with Crippen molar-refractivity contribution in [3.05, 3.63) is 42.5 Å². The number of hydrogen-bond donors (Lipinski definition) is 2. The molecule has 0 atom stereocenters. The number of rotatable bonds is 2. The van der Waals surface area contributed by atoms with Gasteiger partial charge in [-0.15, -0.1) is 11.3 Å². The molecule has 0 spiro atoms. The molecule has 2 aromatic rings. The van der Waals surface area contributed by atoms with Gasteiger partial charge in [-0.2, -0.15) is 0 Å². The first kappa shape index (κ1) is 14.6. The van der Waals surface area contributed by atoms with Gasteiger partial charge in [-0.3, -0.25) is 4.79 Å². The van der Waals surface area contributed by atoms with E-state index in [1.54, 1.807) is 12.1 Å². The van der Waals surface area contributed by atoms with Crippen molar-refractivity contribution in [2.75, 3.05) is 11.1 Å². The number of halogens is 2. The van der Waals surface area contributed by atoms with E-state index in [1.807, 2.05) is 19.9 Å². The number of carbonyl (C=O) groups is 1. The smallest absolute Gasteiger partial charge is 0.265 e. The van der Waals surface area contributed by atoms with Crippen LogP contribution in [0.1, 0.15) is 20.1 Å². The molecule has 100 valence electrons. The van der Waals surface area contributed by atoms with Gasteiger partial charge in [0, 0.05) is 19.5 Å². The molecule has 0 saturated heterocycles. The molecule has 0 fully saturated rings. The summed E-state index contributed by atoms with van der Waals surface area (Å²) in [7, 11) is 0. The average molecular weight is 404 g/mol. The van der Waals surface area contributed by atoms with E-state index in [4.69, 9.17) is 5.73 Å². The second kappa shape index (κ2) is 5.64. The molecule has 3 nitrogen and oxygen atoms in total. The highest BCUT2D eigenvalue weighted by Crippen LogP contribution is 2.34. The van der Waals surface area contributed by atoms with Crippen LogP contribution in [0.4, 0.5) is 11.4 Å². The second-order valence-corrected chi connectivity index (χ2v) is 7.13. The monoisotopic (exact) mass is 402 g/mol. The van der Waals surface area contributed by atoms with Crippen LogP contribution in [0.2, 0.25) is 0 Å². The predicted molar refractivity (Wildman–Crippen MR) is 88.0 cm³/mol. The summed E-state index contributed by atoms with van der Waals surface area (Å²) in [6.45, 7) is 4.00. The van der Waals surface area contributed by atoms with E-state index in [0.717, 1.165) is 19.4 Å². The lowest BCUT2D eigenvalue weighted by atomic mass is 10.2.